The van der Waals surface area contributed by atoms with Crippen molar-refractivity contribution in [2.24, 2.45) is 0 Å². The van der Waals surface area contributed by atoms with E-state index in [2.05, 4.69) is 0 Å². The lowest BCUT2D eigenvalue weighted by atomic mass is 10.7. The van der Waals surface area contributed by atoms with Crippen molar-refractivity contribution >= 4 is 6.29 Å². The fraction of sp³-hybridized carbons (Fsp3) is 0. The first-order valence-corrected chi connectivity index (χ1v) is 1.16. The fourth-order valence-corrected chi connectivity index (χ4v) is 0.0351. The molecule has 0 aromatic carbocycles. The quantitative estimate of drug-likeness (QED) is 0.309. The molecule has 0 aliphatic rings. The van der Waals surface area contributed by atoms with Gasteiger partial charge in [0.15, 0.2) is 0 Å². The van der Waals surface area contributed by atoms with Gasteiger partial charge in [-0.2, -0.15) is 5.73 Å². The Morgan fingerprint density at radius 1 is 1.60 bits per heavy atom. The van der Waals surface area contributed by atoms with E-state index >= 15 is 0 Å². The van der Waals surface area contributed by atoms with E-state index in [9.17, 15) is 0 Å². The van der Waals surface area contributed by atoms with Gasteiger partial charge in [-0.3, -0.25) is 4.79 Å². The van der Waals surface area contributed by atoms with Gasteiger partial charge in [0.25, 0.3) is 0 Å². The van der Waals surface area contributed by atoms with Gasteiger partial charge in [0.05, 0.1) is 6.20 Å². The molecule has 0 amide bonds. The molecule has 0 bridgehead atoms. The number of nitrogens with zero attached hydrogens (tertiary/aromatic N) is 1. The van der Waals surface area contributed by atoms with E-state index in [1.54, 1.807) is 0 Å². The molecule has 2 heteroatoms. The van der Waals surface area contributed by atoms with Crippen LogP contribution in [-0.2, 0) is 4.79 Å². The monoisotopic (exact) mass is 69.0 g/mol. The van der Waals surface area contributed by atoms with Crippen LogP contribution in [0.25, 0.3) is 0 Å². The number of hydrogen-bond acceptors (Lipinski definition) is 1. The summed E-state index contributed by atoms with van der Waals surface area (Å²) in [6.07, 6.45) is 2.19. The van der Waals surface area contributed by atoms with Gasteiger partial charge < -0.3 is 0 Å². The lowest BCUT2D eigenvalue weighted by molar-refractivity contribution is -0.104. The number of allylic oxidation sites excluding steroid dienone is 1. The Kier molecular flexibility index (Phi) is 2.70. The Labute approximate surface area is 30.3 Å². The molecule has 0 spiro atoms. The zero-order valence-corrected chi connectivity index (χ0v) is 2.59. The Balaban J connectivity index is 2.92. The molecule has 0 saturated carbocycles. The van der Waals surface area contributed by atoms with Crippen molar-refractivity contribution in [2.45, 2.75) is 0 Å². The maximum Gasteiger partial charge on any atom is 0.144 e. The van der Waals surface area contributed by atoms with Crippen LogP contribution in [0.4, 0.5) is 0 Å². The molecule has 26 valence electrons. The van der Waals surface area contributed by atoms with Gasteiger partial charge in [-0.25, -0.2) is 0 Å². The van der Waals surface area contributed by atoms with Gasteiger partial charge in [-0.05, 0) is 6.08 Å². The molecule has 5 heavy (non-hydrogen) atoms. The number of carbonyl (C=O) groups excluding carboxylic acids is 1. The average molecular weight is 69.1 g/mol. The fourth-order valence-electron chi connectivity index (χ4n) is 0.0351. The van der Waals surface area contributed by atoms with Crippen molar-refractivity contribution in [1.82, 2.24) is 5.73 Å². The second-order valence-corrected chi connectivity index (χ2v) is 0.478. The summed E-state index contributed by atoms with van der Waals surface area (Å²) in [7, 11) is 0. The van der Waals surface area contributed by atoms with Crippen molar-refractivity contribution in [3.05, 3.63) is 12.3 Å². The molecule has 2 nitrogen and oxygen atoms in total. The summed E-state index contributed by atoms with van der Waals surface area (Å²) >= 11 is 0. The Bertz CT molecular complexity index is 48.9. The van der Waals surface area contributed by atoms with Gasteiger partial charge in [-0.1, -0.05) is 0 Å². The molecule has 0 aromatic heterocycles. The highest BCUT2D eigenvalue weighted by Crippen LogP contribution is 1.47. The van der Waals surface area contributed by atoms with E-state index in [4.69, 9.17) is 10.5 Å². The normalized spacial score (nSPS) is 8.80. The Hall–Kier alpha value is -0.790. The predicted octanol–water partition coefficient (Wildman–Crippen LogP) is -0.232. The van der Waals surface area contributed by atoms with Gasteiger partial charge in [0, 0.05) is 0 Å². The maximum atomic E-state index is 9.16. The Morgan fingerprint density at radius 3 is 2.20 bits per heavy atom. The number of carbonyl (C=O) groups is 1. The highest BCUT2D eigenvalue weighted by atomic mass is 16.1. The number of hydrogen-bond donors (Lipinski definition) is 0. The largest absolute Gasteiger partial charge is 0.299 e. The lowest BCUT2D eigenvalue weighted by Gasteiger charge is -1.48. The summed E-state index contributed by atoms with van der Waals surface area (Å²) in [5.41, 5.74) is 7.65. The minimum Gasteiger partial charge on any atom is -0.299 e. The van der Waals surface area contributed by atoms with E-state index in [0.29, 0.717) is 12.5 Å². The second kappa shape index (κ2) is 3.21. The zero-order chi connectivity index (χ0) is 4.12. The molecule has 0 aliphatic carbocycles. The van der Waals surface area contributed by atoms with Crippen molar-refractivity contribution in [3.63, 3.8) is 0 Å². The van der Waals surface area contributed by atoms with Gasteiger partial charge >= 0.3 is 0 Å². The molecule has 0 fully saturated rings. The van der Waals surface area contributed by atoms with Crippen LogP contribution >= 0.6 is 0 Å². The average Bonchev–Trinajstić information content (AvgIpc) is 1.41. The number of aldehydes is 1. The molecule has 0 N–H and O–H groups in total. The van der Waals surface area contributed by atoms with Crippen LogP contribution in [0.15, 0.2) is 12.3 Å². The van der Waals surface area contributed by atoms with Crippen LogP contribution in [0.2, 0.25) is 0 Å². The molecule has 0 saturated heterocycles. The van der Waals surface area contributed by atoms with Crippen LogP contribution in [0, 0.1) is 0 Å². The summed E-state index contributed by atoms with van der Waals surface area (Å²) in [5, 5.41) is 0. The molecule has 0 rings (SSSR count). The Morgan fingerprint density at radius 2 is 2.20 bits per heavy atom. The SMILES string of the molecule is [N]/C=C/C=O. The van der Waals surface area contributed by atoms with E-state index in [0.717, 1.165) is 6.08 Å². The predicted molar refractivity (Wildman–Crippen MR) is 17.3 cm³/mol. The molecular formula is C3H3NO. The van der Waals surface area contributed by atoms with Crippen LogP contribution in [0.3, 0.4) is 0 Å². The number of rotatable bonds is 1. The summed E-state index contributed by atoms with van der Waals surface area (Å²) in [4.78, 5) is 9.16. The molecule has 0 aliphatic heterocycles. The highest BCUT2D eigenvalue weighted by Gasteiger charge is 1.51. The third-order valence-electron chi connectivity index (χ3n) is 0.165. The van der Waals surface area contributed by atoms with Crippen molar-refractivity contribution in [3.8, 4) is 0 Å². The highest BCUT2D eigenvalue weighted by molar-refractivity contribution is 5.64. The third kappa shape index (κ3) is 3.21. The van der Waals surface area contributed by atoms with Gasteiger partial charge in [0.1, 0.15) is 6.29 Å². The van der Waals surface area contributed by atoms with Crippen molar-refractivity contribution < 1.29 is 4.79 Å². The van der Waals surface area contributed by atoms with Gasteiger partial charge in [0.2, 0.25) is 0 Å². The van der Waals surface area contributed by atoms with Crippen molar-refractivity contribution in [1.29, 1.82) is 0 Å². The topological polar surface area (TPSA) is 39.4 Å². The van der Waals surface area contributed by atoms with Crippen molar-refractivity contribution in [2.75, 3.05) is 0 Å². The molecule has 0 unspecified atom stereocenters. The second-order valence-electron chi connectivity index (χ2n) is 0.478. The van der Waals surface area contributed by atoms with E-state index in [1.165, 1.54) is 0 Å². The first-order chi connectivity index (χ1) is 2.41. The minimum atomic E-state index is 0.500. The maximum absolute atomic E-state index is 9.16. The van der Waals surface area contributed by atoms with Crippen LogP contribution in [-0.4, -0.2) is 6.29 Å². The first kappa shape index (κ1) is 4.21. The molecule has 2 radical (unpaired) electrons. The molecule has 0 heterocycles. The molecule has 0 atom stereocenters. The van der Waals surface area contributed by atoms with Crippen LogP contribution in [0.1, 0.15) is 0 Å². The smallest absolute Gasteiger partial charge is 0.144 e. The summed E-state index contributed by atoms with van der Waals surface area (Å²) in [5.74, 6) is 0. The van der Waals surface area contributed by atoms with Crippen LogP contribution < -0.4 is 5.73 Å². The van der Waals surface area contributed by atoms with Gasteiger partial charge in [-0.15, -0.1) is 0 Å². The summed E-state index contributed by atoms with van der Waals surface area (Å²) < 4.78 is 0. The minimum absolute atomic E-state index is 0.500. The summed E-state index contributed by atoms with van der Waals surface area (Å²) in [6, 6.07) is 0. The lowest BCUT2D eigenvalue weighted by Crippen LogP contribution is -1.56. The summed E-state index contributed by atoms with van der Waals surface area (Å²) in [6.45, 7) is 0. The molecule has 0 aromatic rings. The van der Waals surface area contributed by atoms with Crippen LogP contribution in [0.5, 0.6) is 0 Å². The van der Waals surface area contributed by atoms with E-state index in [-0.39, 0.29) is 0 Å². The zero-order valence-electron chi connectivity index (χ0n) is 2.59. The standard InChI is InChI=1S/C3H3NO/c4-2-1-3-5/h1-3H/b2-1+. The molecular weight excluding hydrogens is 66.0 g/mol. The van der Waals surface area contributed by atoms with E-state index in [1.807, 2.05) is 0 Å². The third-order valence-corrected chi connectivity index (χ3v) is 0.165. The van der Waals surface area contributed by atoms with E-state index < -0.39 is 0 Å². The first-order valence-electron chi connectivity index (χ1n) is 1.16.